The van der Waals surface area contributed by atoms with Crippen LogP contribution in [0.15, 0.2) is 46.9 Å². The number of esters is 1. The van der Waals surface area contributed by atoms with Crippen molar-refractivity contribution in [2.45, 2.75) is 18.0 Å². The second-order valence-corrected chi connectivity index (χ2v) is 6.55. The van der Waals surface area contributed by atoms with Gasteiger partial charge >= 0.3 is 23.9 Å². The van der Waals surface area contributed by atoms with Crippen molar-refractivity contribution in [1.82, 2.24) is 0 Å². The third-order valence-corrected chi connectivity index (χ3v) is 4.51. The molecule has 0 atom stereocenters. The number of hydrogen-bond acceptors (Lipinski definition) is 3. The van der Waals surface area contributed by atoms with Gasteiger partial charge < -0.3 is 10.5 Å². The molecule has 0 aliphatic rings. The number of carbonyl (C=O) groups is 1. The summed E-state index contributed by atoms with van der Waals surface area (Å²) in [6, 6.07) is 6.81. The molecular formula is C16H9BrClF6NO2. The predicted octanol–water partition coefficient (Wildman–Crippen LogP) is 5.86. The molecule has 2 rings (SSSR count). The normalized spacial score (nSPS) is 12.7. The Morgan fingerprint density at radius 2 is 1.52 bits per heavy atom. The number of rotatable bonds is 3. The molecule has 0 spiro atoms. The van der Waals surface area contributed by atoms with Gasteiger partial charge in [-0.15, -0.1) is 0 Å². The molecule has 27 heavy (non-hydrogen) atoms. The number of anilines is 1. The monoisotopic (exact) mass is 475 g/mol. The molecule has 0 aromatic heterocycles. The Kier molecular flexibility index (Phi) is 5.72. The van der Waals surface area contributed by atoms with Crippen LogP contribution in [0.25, 0.3) is 0 Å². The van der Waals surface area contributed by atoms with Crippen LogP contribution >= 0.6 is 27.5 Å². The zero-order chi connectivity index (χ0) is 20.6. The van der Waals surface area contributed by atoms with Crippen LogP contribution in [0.3, 0.4) is 0 Å². The van der Waals surface area contributed by atoms with Crippen LogP contribution in [0.1, 0.15) is 15.9 Å². The molecule has 11 heteroatoms. The van der Waals surface area contributed by atoms with Crippen molar-refractivity contribution < 1.29 is 35.9 Å². The van der Waals surface area contributed by atoms with Gasteiger partial charge in [-0.25, -0.2) is 4.79 Å². The molecule has 0 saturated carbocycles. The second-order valence-electron chi connectivity index (χ2n) is 5.29. The molecule has 2 aromatic rings. The highest BCUT2D eigenvalue weighted by Crippen LogP contribution is 2.54. The SMILES string of the molecule is Nc1c(Cl)cc(C(OC(=O)c2ccccc2)(C(F)(F)F)C(F)(F)F)cc1Br. The number of carbonyl (C=O) groups excluding carboxylic acids is 1. The molecule has 0 fully saturated rings. The lowest BCUT2D eigenvalue weighted by atomic mass is 9.91. The van der Waals surface area contributed by atoms with Crippen LogP contribution in [0, 0.1) is 0 Å². The molecular weight excluding hydrogens is 468 g/mol. The van der Waals surface area contributed by atoms with Gasteiger partial charge in [-0.3, -0.25) is 0 Å². The number of benzene rings is 2. The van der Waals surface area contributed by atoms with E-state index in [2.05, 4.69) is 20.7 Å². The Bertz CT molecular complexity index is 817. The van der Waals surface area contributed by atoms with E-state index in [9.17, 15) is 31.1 Å². The van der Waals surface area contributed by atoms with E-state index in [4.69, 9.17) is 17.3 Å². The van der Waals surface area contributed by atoms with Crippen molar-refractivity contribution >= 4 is 39.2 Å². The highest BCUT2D eigenvalue weighted by atomic mass is 79.9. The summed E-state index contributed by atoms with van der Waals surface area (Å²) in [6.45, 7) is 0. The highest BCUT2D eigenvalue weighted by molar-refractivity contribution is 9.10. The minimum atomic E-state index is -6.05. The smallest absolute Gasteiger partial charge is 0.431 e. The van der Waals surface area contributed by atoms with E-state index in [-0.39, 0.29) is 10.2 Å². The first kappa shape index (κ1) is 21.4. The minimum absolute atomic E-state index is 0.270. The van der Waals surface area contributed by atoms with Gasteiger partial charge in [0.25, 0.3) is 0 Å². The molecule has 2 N–H and O–H groups in total. The molecule has 0 radical (unpaired) electrons. The molecule has 0 aliphatic carbocycles. The number of alkyl halides is 6. The van der Waals surface area contributed by atoms with Crippen LogP contribution in [0.2, 0.25) is 5.02 Å². The minimum Gasteiger partial charge on any atom is -0.431 e. The first-order valence-corrected chi connectivity index (χ1v) is 8.15. The molecule has 0 aliphatic heterocycles. The summed E-state index contributed by atoms with van der Waals surface area (Å²) in [5.74, 6) is -1.81. The maximum absolute atomic E-state index is 13.7. The third-order valence-electron chi connectivity index (χ3n) is 3.54. The summed E-state index contributed by atoms with van der Waals surface area (Å²) in [7, 11) is 0. The summed E-state index contributed by atoms with van der Waals surface area (Å²) in [5.41, 5.74) is -1.70. The van der Waals surface area contributed by atoms with E-state index in [1.165, 1.54) is 18.2 Å². The molecule has 0 amide bonds. The fourth-order valence-corrected chi connectivity index (χ4v) is 3.02. The lowest BCUT2D eigenvalue weighted by Crippen LogP contribution is -2.57. The maximum Gasteiger partial charge on any atom is 0.442 e. The first-order chi connectivity index (χ1) is 12.3. The molecule has 0 saturated heterocycles. The quantitative estimate of drug-likeness (QED) is 0.343. The van der Waals surface area contributed by atoms with Crippen molar-refractivity contribution in [1.29, 1.82) is 0 Å². The first-order valence-electron chi connectivity index (χ1n) is 6.98. The third kappa shape index (κ3) is 3.86. The molecule has 0 bridgehead atoms. The van der Waals surface area contributed by atoms with Crippen molar-refractivity contribution in [2.75, 3.05) is 5.73 Å². The topological polar surface area (TPSA) is 52.3 Å². The summed E-state index contributed by atoms with van der Waals surface area (Å²) in [4.78, 5) is 12.1. The summed E-state index contributed by atoms with van der Waals surface area (Å²) < 4.78 is 86.0. The van der Waals surface area contributed by atoms with E-state index in [1.807, 2.05) is 0 Å². The lowest BCUT2D eigenvalue weighted by Gasteiger charge is -2.37. The maximum atomic E-state index is 13.7. The largest absolute Gasteiger partial charge is 0.442 e. The Balaban J connectivity index is 2.74. The van der Waals surface area contributed by atoms with Crippen LogP contribution in [0.5, 0.6) is 0 Å². The Morgan fingerprint density at radius 3 is 1.96 bits per heavy atom. The molecule has 2 aromatic carbocycles. The fraction of sp³-hybridized carbons (Fsp3) is 0.188. The fourth-order valence-electron chi connectivity index (χ4n) is 2.22. The average Bonchev–Trinajstić information content (AvgIpc) is 2.55. The standard InChI is InChI=1S/C16H9BrClF6NO2/c17-10-6-9(7-11(18)12(10)25)14(15(19,20)21,16(22,23)24)27-13(26)8-4-2-1-3-5-8/h1-7H,25H2. The van der Waals surface area contributed by atoms with E-state index in [0.29, 0.717) is 12.1 Å². The molecule has 0 heterocycles. The van der Waals surface area contributed by atoms with Crippen LogP contribution in [0.4, 0.5) is 32.0 Å². The summed E-state index contributed by atoms with van der Waals surface area (Å²) in [5, 5.41) is -0.576. The molecule has 146 valence electrons. The summed E-state index contributed by atoms with van der Waals surface area (Å²) in [6.07, 6.45) is -12.1. The van der Waals surface area contributed by atoms with Gasteiger partial charge in [0.05, 0.1) is 16.3 Å². The van der Waals surface area contributed by atoms with Gasteiger partial charge in [0.15, 0.2) is 0 Å². The Morgan fingerprint density at radius 1 is 1.00 bits per heavy atom. The number of halogens is 8. The van der Waals surface area contributed by atoms with Crippen LogP contribution < -0.4 is 5.73 Å². The van der Waals surface area contributed by atoms with Gasteiger partial charge in [0, 0.05) is 10.0 Å². The van der Waals surface area contributed by atoms with Crippen molar-refractivity contribution in [3.8, 4) is 0 Å². The second kappa shape index (κ2) is 7.23. The van der Waals surface area contributed by atoms with E-state index in [1.54, 1.807) is 0 Å². The van der Waals surface area contributed by atoms with Crippen LogP contribution in [-0.2, 0) is 10.3 Å². The number of hydrogen-bond donors (Lipinski definition) is 1. The zero-order valence-electron chi connectivity index (χ0n) is 13.0. The number of nitrogen functional groups attached to an aromatic ring is 1. The predicted molar refractivity (Wildman–Crippen MR) is 89.2 cm³/mol. The highest BCUT2D eigenvalue weighted by Gasteiger charge is 2.75. The number of ether oxygens (including phenoxy) is 1. The Labute approximate surface area is 162 Å². The van der Waals surface area contributed by atoms with E-state index < -0.39 is 40.1 Å². The van der Waals surface area contributed by atoms with Crippen LogP contribution in [-0.4, -0.2) is 18.3 Å². The van der Waals surface area contributed by atoms with Crippen molar-refractivity contribution in [3.63, 3.8) is 0 Å². The van der Waals surface area contributed by atoms with Gasteiger partial charge in [0.1, 0.15) is 0 Å². The average molecular weight is 477 g/mol. The van der Waals surface area contributed by atoms with Crippen molar-refractivity contribution in [3.05, 3.63) is 63.1 Å². The van der Waals surface area contributed by atoms with Gasteiger partial charge in [-0.2, -0.15) is 26.3 Å². The Hall–Kier alpha value is -1.94. The summed E-state index contributed by atoms with van der Waals surface area (Å²) >= 11 is 8.40. The number of nitrogens with two attached hydrogens (primary N) is 1. The zero-order valence-corrected chi connectivity index (χ0v) is 15.3. The lowest BCUT2D eigenvalue weighted by molar-refractivity contribution is -0.373. The van der Waals surface area contributed by atoms with Gasteiger partial charge in [-0.1, -0.05) is 29.8 Å². The van der Waals surface area contributed by atoms with E-state index >= 15 is 0 Å². The van der Waals surface area contributed by atoms with Crippen molar-refractivity contribution in [2.24, 2.45) is 0 Å². The molecule has 0 unspecified atom stereocenters. The van der Waals surface area contributed by atoms with Gasteiger partial charge in [-0.05, 0) is 40.2 Å². The van der Waals surface area contributed by atoms with Gasteiger partial charge in [0.2, 0.25) is 0 Å². The molecule has 3 nitrogen and oxygen atoms in total. The van der Waals surface area contributed by atoms with E-state index in [0.717, 1.165) is 12.1 Å².